The Bertz CT molecular complexity index is 460. The van der Waals surface area contributed by atoms with E-state index >= 15 is 0 Å². The molecule has 1 aromatic rings. The molecule has 0 saturated carbocycles. The van der Waals surface area contributed by atoms with Gasteiger partial charge in [0.15, 0.2) is 5.78 Å². The molecule has 0 amide bonds. The predicted octanol–water partition coefficient (Wildman–Crippen LogP) is 2.24. The Morgan fingerprint density at radius 3 is 2.47 bits per heavy atom. The zero-order valence-corrected chi connectivity index (χ0v) is 10.0. The Morgan fingerprint density at radius 1 is 1.24 bits per heavy atom. The second-order valence-electron chi connectivity index (χ2n) is 3.27. The van der Waals surface area contributed by atoms with Crippen LogP contribution in [0.15, 0.2) is 30.4 Å². The fraction of sp³-hybridized carbons (Fsp3) is 0.231. The van der Waals surface area contributed by atoms with Gasteiger partial charge in [-0.1, -0.05) is 6.08 Å². The summed E-state index contributed by atoms with van der Waals surface area (Å²) in [6.45, 7) is 1.75. The van der Waals surface area contributed by atoms with Crippen molar-refractivity contribution in [3.05, 3.63) is 41.5 Å². The van der Waals surface area contributed by atoms with Crippen molar-refractivity contribution >= 4 is 11.8 Å². The van der Waals surface area contributed by atoms with Gasteiger partial charge in [0.1, 0.15) is 11.3 Å². The Labute approximate surface area is 99.8 Å². The largest absolute Gasteiger partial charge is 0.496 e. The van der Waals surface area contributed by atoms with Gasteiger partial charge in [-0.25, -0.2) is 4.79 Å². The third-order valence-electron chi connectivity index (χ3n) is 2.21. The van der Waals surface area contributed by atoms with Gasteiger partial charge in [0.2, 0.25) is 0 Å². The summed E-state index contributed by atoms with van der Waals surface area (Å²) >= 11 is 0. The van der Waals surface area contributed by atoms with Crippen LogP contribution in [-0.2, 0) is 4.74 Å². The number of ketones is 1. The number of methoxy groups -OCH3 is 2. The smallest absolute Gasteiger partial charge is 0.341 e. The SMILES string of the molecule is C/C=C/C(=O)c1ccc(OC)c(C(=O)OC)c1. The molecule has 1 aromatic carbocycles. The number of ether oxygens (including phenoxy) is 2. The van der Waals surface area contributed by atoms with Crippen molar-refractivity contribution in [2.45, 2.75) is 6.92 Å². The average Bonchev–Trinajstić information content (AvgIpc) is 2.37. The number of benzene rings is 1. The van der Waals surface area contributed by atoms with E-state index in [1.807, 2.05) is 0 Å². The summed E-state index contributed by atoms with van der Waals surface area (Å²) in [4.78, 5) is 23.1. The minimum Gasteiger partial charge on any atom is -0.496 e. The molecule has 90 valence electrons. The summed E-state index contributed by atoms with van der Waals surface area (Å²) in [5.41, 5.74) is 0.662. The van der Waals surface area contributed by atoms with E-state index in [0.29, 0.717) is 11.3 Å². The summed E-state index contributed by atoms with van der Waals surface area (Å²) in [5, 5.41) is 0. The molecule has 4 nitrogen and oxygen atoms in total. The molecule has 0 N–H and O–H groups in total. The lowest BCUT2D eigenvalue weighted by molar-refractivity contribution is 0.0597. The summed E-state index contributed by atoms with van der Waals surface area (Å²) in [7, 11) is 2.73. The lowest BCUT2D eigenvalue weighted by Gasteiger charge is -2.07. The van der Waals surface area contributed by atoms with Crippen LogP contribution in [0.3, 0.4) is 0 Å². The van der Waals surface area contributed by atoms with Gasteiger partial charge in [0.25, 0.3) is 0 Å². The number of rotatable bonds is 4. The lowest BCUT2D eigenvalue weighted by Crippen LogP contribution is -2.06. The van der Waals surface area contributed by atoms with Gasteiger partial charge in [-0.15, -0.1) is 0 Å². The molecule has 1 rings (SSSR count). The first-order valence-electron chi connectivity index (χ1n) is 5.07. The highest BCUT2D eigenvalue weighted by atomic mass is 16.5. The van der Waals surface area contributed by atoms with Crippen LogP contribution in [0.2, 0.25) is 0 Å². The zero-order valence-electron chi connectivity index (χ0n) is 10.0. The molecule has 17 heavy (non-hydrogen) atoms. The molecular formula is C13H14O4. The fourth-order valence-electron chi connectivity index (χ4n) is 1.38. The third kappa shape index (κ3) is 2.93. The van der Waals surface area contributed by atoms with Crippen LogP contribution in [0, 0.1) is 0 Å². The molecule has 0 aromatic heterocycles. The lowest BCUT2D eigenvalue weighted by atomic mass is 10.1. The van der Waals surface area contributed by atoms with Crippen molar-refractivity contribution in [1.82, 2.24) is 0 Å². The van der Waals surface area contributed by atoms with Crippen molar-refractivity contribution in [3.63, 3.8) is 0 Å². The van der Waals surface area contributed by atoms with Crippen molar-refractivity contribution in [3.8, 4) is 5.75 Å². The zero-order chi connectivity index (χ0) is 12.8. The van der Waals surface area contributed by atoms with Gasteiger partial charge < -0.3 is 9.47 Å². The highest BCUT2D eigenvalue weighted by Gasteiger charge is 2.15. The van der Waals surface area contributed by atoms with Gasteiger partial charge in [0.05, 0.1) is 14.2 Å². The number of esters is 1. The van der Waals surface area contributed by atoms with Gasteiger partial charge in [-0.3, -0.25) is 4.79 Å². The number of carbonyl (C=O) groups is 2. The van der Waals surface area contributed by atoms with E-state index < -0.39 is 5.97 Å². The first-order chi connectivity index (χ1) is 8.13. The van der Waals surface area contributed by atoms with E-state index in [9.17, 15) is 9.59 Å². The molecule has 0 heterocycles. The third-order valence-corrected chi connectivity index (χ3v) is 2.21. The second kappa shape index (κ2) is 5.84. The van der Waals surface area contributed by atoms with Crippen molar-refractivity contribution in [2.75, 3.05) is 14.2 Å². The van der Waals surface area contributed by atoms with Gasteiger partial charge in [-0.2, -0.15) is 0 Å². The maximum absolute atomic E-state index is 11.6. The summed E-state index contributed by atoms with van der Waals surface area (Å²) in [6, 6.07) is 4.64. The van der Waals surface area contributed by atoms with Crippen LogP contribution < -0.4 is 4.74 Å². The van der Waals surface area contributed by atoms with Crippen LogP contribution in [0.4, 0.5) is 0 Å². The van der Waals surface area contributed by atoms with Gasteiger partial charge >= 0.3 is 5.97 Å². The number of hydrogen-bond donors (Lipinski definition) is 0. The Kier molecular flexibility index (Phi) is 4.46. The summed E-state index contributed by atoms with van der Waals surface area (Å²) in [5.74, 6) is -0.314. The van der Waals surface area contributed by atoms with E-state index in [4.69, 9.17) is 4.74 Å². The van der Waals surface area contributed by atoms with E-state index in [2.05, 4.69) is 4.74 Å². The van der Waals surface area contributed by atoms with Crippen molar-refractivity contribution < 1.29 is 19.1 Å². The topological polar surface area (TPSA) is 52.6 Å². The van der Waals surface area contributed by atoms with Crippen LogP contribution in [0.25, 0.3) is 0 Å². The van der Waals surface area contributed by atoms with Gasteiger partial charge in [0, 0.05) is 5.56 Å². The molecule has 0 aliphatic rings. The normalized spacial score (nSPS) is 10.3. The van der Waals surface area contributed by atoms with Crippen LogP contribution in [0.5, 0.6) is 5.75 Å². The maximum atomic E-state index is 11.6. The molecule has 0 aliphatic heterocycles. The number of carbonyl (C=O) groups excluding carboxylic acids is 2. The van der Waals surface area contributed by atoms with Crippen molar-refractivity contribution in [2.24, 2.45) is 0 Å². The number of allylic oxidation sites excluding steroid dienone is 2. The Hall–Kier alpha value is -2.10. The fourth-order valence-corrected chi connectivity index (χ4v) is 1.38. The molecule has 0 saturated heterocycles. The molecule has 0 atom stereocenters. The predicted molar refractivity (Wildman–Crippen MR) is 63.5 cm³/mol. The first kappa shape index (κ1) is 13.0. The monoisotopic (exact) mass is 234 g/mol. The molecule has 4 heteroatoms. The summed E-state index contributed by atoms with van der Waals surface area (Å²) < 4.78 is 9.66. The van der Waals surface area contributed by atoms with Crippen LogP contribution in [0.1, 0.15) is 27.6 Å². The number of hydrogen-bond acceptors (Lipinski definition) is 4. The molecule has 0 spiro atoms. The van der Waals surface area contributed by atoms with Crippen LogP contribution >= 0.6 is 0 Å². The molecule has 0 fully saturated rings. The summed E-state index contributed by atoms with van der Waals surface area (Å²) in [6.07, 6.45) is 3.08. The standard InChI is InChI=1S/C13H14O4/c1-4-5-11(14)9-6-7-12(16-2)10(8-9)13(15)17-3/h4-8H,1-3H3/b5-4+. The minimum absolute atomic E-state index is 0.166. The van der Waals surface area contributed by atoms with Gasteiger partial charge in [-0.05, 0) is 31.2 Å². The van der Waals surface area contributed by atoms with E-state index in [-0.39, 0.29) is 11.3 Å². The highest BCUT2D eigenvalue weighted by molar-refractivity contribution is 6.06. The second-order valence-corrected chi connectivity index (χ2v) is 3.27. The van der Waals surface area contributed by atoms with Crippen LogP contribution in [-0.4, -0.2) is 26.0 Å². The average molecular weight is 234 g/mol. The van der Waals surface area contributed by atoms with E-state index in [0.717, 1.165) is 0 Å². The van der Waals surface area contributed by atoms with E-state index in [1.165, 1.54) is 26.4 Å². The maximum Gasteiger partial charge on any atom is 0.341 e. The highest BCUT2D eigenvalue weighted by Crippen LogP contribution is 2.21. The Balaban J connectivity index is 3.22. The molecule has 0 aliphatic carbocycles. The molecule has 0 radical (unpaired) electrons. The Morgan fingerprint density at radius 2 is 1.94 bits per heavy atom. The molecule has 0 bridgehead atoms. The first-order valence-corrected chi connectivity index (χ1v) is 5.07. The molecular weight excluding hydrogens is 220 g/mol. The minimum atomic E-state index is -0.531. The quantitative estimate of drug-likeness (QED) is 0.455. The van der Waals surface area contributed by atoms with E-state index in [1.54, 1.807) is 25.1 Å². The van der Waals surface area contributed by atoms with Crippen molar-refractivity contribution in [1.29, 1.82) is 0 Å². The molecule has 0 unspecified atom stereocenters.